The molecule has 15 heteroatoms. The minimum atomic E-state index is -1.78. The fourth-order valence-electron chi connectivity index (χ4n) is 7.48. The molecule has 2 heterocycles. The van der Waals surface area contributed by atoms with Crippen molar-refractivity contribution in [2.45, 2.75) is 229 Å². The van der Waals surface area contributed by atoms with Gasteiger partial charge in [-0.1, -0.05) is 120 Å². The Balaban J connectivity index is 1.85. The van der Waals surface area contributed by atoms with Crippen molar-refractivity contribution < 1.29 is 73.8 Å². The first kappa shape index (κ1) is 61.1. The number of aliphatic hydroxyl groups is 7. The highest BCUT2D eigenvalue weighted by molar-refractivity contribution is 5.70. The van der Waals surface area contributed by atoms with Crippen molar-refractivity contribution in [2.24, 2.45) is 0 Å². The number of carbonyl (C=O) groups is 2. The van der Waals surface area contributed by atoms with Crippen LogP contribution in [-0.4, -0.2) is 142 Å². The molecule has 0 radical (unpaired) electrons. The molecule has 0 aromatic carbocycles. The van der Waals surface area contributed by atoms with Gasteiger partial charge in [0.05, 0.1) is 19.8 Å². The van der Waals surface area contributed by atoms with Gasteiger partial charge in [0.25, 0.3) is 0 Å². The Morgan fingerprint density at radius 2 is 0.985 bits per heavy atom. The molecule has 0 spiro atoms. The highest BCUT2D eigenvalue weighted by atomic mass is 16.7. The van der Waals surface area contributed by atoms with Gasteiger partial charge in [-0.25, -0.2) is 0 Å². The summed E-state index contributed by atoms with van der Waals surface area (Å²) >= 11 is 0. The van der Waals surface area contributed by atoms with Crippen molar-refractivity contribution in [3.05, 3.63) is 66.5 Å². The fraction of sp³-hybridized carbons (Fsp3) is 0.755. The third-order valence-corrected chi connectivity index (χ3v) is 11.7. The molecular weight excluding hydrogens is 877 g/mol. The maximum Gasteiger partial charge on any atom is 0.306 e. The Kier molecular flexibility index (Phi) is 35.6. The third-order valence-electron chi connectivity index (χ3n) is 11.7. The molecule has 2 rings (SSSR count). The van der Waals surface area contributed by atoms with Crippen LogP contribution in [0.15, 0.2) is 66.5 Å². The highest BCUT2D eigenvalue weighted by Gasteiger charge is 2.47. The standard InChI is InChI=1S/C53H88O15/c1-3-5-7-9-11-13-15-17-19-20-22-23-25-27-29-31-33-35-44(55)63-38-41(66-45(56)36-34-32-30-28-26-24-21-18-16-14-12-10-8-6-4-2)39-64-52-51(62)49(60)47(58)43(68-52)40-65-53-50(61)48(59)46(57)42(37-54)67-53/h11,13,16-17,19,21-23,27,29,41-43,46-54,57-62H,3-10,12,14-15,20,24-26,28,30-40H2,1-2H3/b13-11+,19-17+,23-22+,29-27+/t18?,41-,42+,43+,46-,47-,48?,49?,50?,51?,52+,53+/m0/s1. The lowest BCUT2D eigenvalue weighted by Gasteiger charge is -2.42. The van der Waals surface area contributed by atoms with Crippen LogP contribution in [0.5, 0.6) is 0 Å². The second-order valence-electron chi connectivity index (χ2n) is 17.7. The van der Waals surface area contributed by atoms with E-state index in [1.165, 1.54) is 51.4 Å². The van der Waals surface area contributed by atoms with E-state index in [9.17, 15) is 45.3 Å². The van der Waals surface area contributed by atoms with E-state index in [-0.39, 0.29) is 19.4 Å². The summed E-state index contributed by atoms with van der Waals surface area (Å²) in [6.45, 7) is 2.45. The molecule has 7 N–H and O–H groups in total. The van der Waals surface area contributed by atoms with Gasteiger partial charge in [-0.05, 0) is 89.2 Å². The van der Waals surface area contributed by atoms with Gasteiger partial charge in [0.1, 0.15) is 55.4 Å². The summed E-state index contributed by atoms with van der Waals surface area (Å²) in [7, 11) is 0. The molecule has 68 heavy (non-hydrogen) atoms. The number of allylic oxidation sites excluding steroid dienone is 9. The molecule has 390 valence electrons. The van der Waals surface area contributed by atoms with Crippen molar-refractivity contribution in [1.29, 1.82) is 0 Å². The summed E-state index contributed by atoms with van der Waals surface area (Å²) in [6.07, 6.45) is 26.0. The monoisotopic (exact) mass is 965 g/mol. The molecule has 0 bridgehead atoms. The van der Waals surface area contributed by atoms with Crippen molar-refractivity contribution in [3.63, 3.8) is 0 Å². The fourth-order valence-corrected chi connectivity index (χ4v) is 7.48. The Labute approximate surface area is 406 Å². The molecule has 2 fully saturated rings. The first-order chi connectivity index (χ1) is 33.0. The predicted octanol–water partition coefficient (Wildman–Crippen LogP) is 7.03. The van der Waals surface area contributed by atoms with Gasteiger partial charge in [-0.2, -0.15) is 0 Å². The van der Waals surface area contributed by atoms with Crippen LogP contribution in [0.2, 0.25) is 0 Å². The average Bonchev–Trinajstić information content (AvgIpc) is 3.33. The maximum atomic E-state index is 13.0. The van der Waals surface area contributed by atoms with Crippen LogP contribution < -0.4 is 0 Å². The minimum Gasteiger partial charge on any atom is -0.462 e. The summed E-state index contributed by atoms with van der Waals surface area (Å²) < 4.78 is 33.5. The van der Waals surface area contributed by atoms with Crippen LogP contribution in [0.25, 0.3) is 0 Å². The molecule has 0 aromatic heterocycles. The predicted molar refractivity (Wildman–Crippen MR) is 260 cm³/mol. The summed E-state index contributed by atoms with van der Waals surface area (Å²) in [4.78, 5) is 25.7. The maximum absolute atomic E-state index is 13.0. The second-order valence-corrected chi connectivity index (χ2v) is 17.7. The molecule has 4 unspecified atom stereocenters. The number of unbranched alkanes of at least 4 members (excludes halogenated alkanes) is 14. The molecular formula is C53H88O15. The number of hydrogen-bond acceptors (Lipinski definition) is 15. The molecule has 0 amide bonds. The molecule has 0 aromatic rings. The van der Waals surface area contributed by atoms with E-state index in [1.54, 1.807) is 0 Å². The van der Waals surface area contributed by atoms with Gasteiger partial charge in [-0.15, -0.1) is 5.73 Å². The third kappa shape index (κ3) is 27.4. The van der Waals surface area contributed by atoms with Crippen molar-refractivity contribution in [3.8, 4) is 0 Å². The van der Waals surface area contributed by atoms with E-state index in [2.05, 4.69) is 74.3 Å². The van der Waals surface area contributed by atoms with Crippen molar-refractivity contribution >= 4 is 11.9 Å². The van der Waals surface area contributed by atoms with Gasteiger partial charge >= 0.3 is 11.9 Å². The Hall–Kier alpha value is -3.02. The summed E-state index contributed by atoms with van der Waals surface area (Å²) in [5.74, 6) is -1.02. The van der Waals surface area contributed by atoms with Crippen LogP contribution in [-0.2, 0) is 38.0 Å². The van der Waals surface area contributed by atoms with Crippen molar-refractivity contribution in [2.75, 3.05) is 26.4 Å². The van der Waals surface area contributed by atoms with Crippen LogP contribution in [0.4, 0.5) is 0 Å². The second kappa shape index (κ2) is 39.7. The van der Waals surface area contributed by atoms with Gasteiger partial charge in [-0.3, -0.25) is 9.59 Å². The quantitative estimate of drug-likeness (QED) is 0.0143. The summed E-state index contributed by atoms with van der Waals surface area (Å²) in [5, 5.41) is 72.0. The zero-order valence-electron chi connectivity index (χ0n) is 41.1. The molecule has 11 atom stereocenters. The number of hydrogen-bond donors (Lipinski definition) is 7. The Morgan fingerprint density at radius 1 is 0.515 bits per heavy atom. The van der Waals surface area contributed by atoms with E-state index in [0.29, 0.717) is 19.3 Å². The van der Waals surface area contributed by atoms with Crippen LogP contribution in [0.1, 0.15) is 162 Å². The van der Waals surface area contributed by atoms with Gasteiger partial charge < -0.3 is 64.2 Å². The number of ether oxygens (including phenoxy) is 6. The Morgan fingerprint density at radius 3 is 1.59 bits per heavy atom. The SMILES string of the molecule is CCCCC/C=C/C/C=C/C/C=C/C/C=C/CCCC(=O)OC[C@@H](CO[C@@H]1O[C@H](CO[C@@H]2O[C@H](CO)[C@H](O)C(O)C2O)[C@H](O)C(O)C1O)OC(=O)CCCCCCCC=C=CCCCCCCC. The first-order valence-electron chi connectivity index (χ1n) is 25.6. The normalized spacial score (nSPS) is 25.9. The molecule has 2 aliphatic heterocycles. The topological polar surface area (TPSA) is 231 Å². The molecule has 2 saturated heterocycles. The Bertz CT molecular complexity index is 1470. The zero-order chi connectivity index (χ0) is 49.6. The van der Waals surface area contributed by atoms with Gasteiger partial charge in [0, 0.05) is 12.8 Å². The van der Waals surface area contributed by atoms with Gasteiger partial charge in [0.15, 0.2) is 18.7 Å². The van der Waals surface area contributed by atoms with E-state index >= 15 is 0 Å². The smallest absolute Gasteiger partial charge is 0.306 e. The van der Waals surface area contributed by atoms with Crippen LogP contribution in [0, 0.1) is 0 Å². The lowest BCUT2D eigenvalue weighted by molar-refractivity contribution is -0.332. The number of carbonyl (C=O) groups excluding carboxylic acids is 2. The molecule has 15 nitrogen and oxygen atoms in total. The van der Waals surface area contributed by atoms with E-state index in [4.69, 9.17) is 28.4 Å². The highest BCUT2D eigenvalue weighted by Crippen LogP contribution is 2.26. The summed E-state index contributed by atoms with van der Waals surface area (Å²) in [6, 6.07) is 0. The lowest BCUT2D eigenvalue weighted by Crippen LogP contribution is -2.61. The molecule has 2 aliphatic rings. The summed E-state index contributed by atoms with van der Waals surface area (Å²) in [5.41, 5.74) is 3.28. The molecule has 0 saturated carbocycles. The number of rotatable bonds is 38. The minimum absolute atomic E-state index is 0.130. The number of aliphatic hydroxyl groups excluding tert-OH is 7. The lowest BCUT2D eigenvalue weighted by atomic mass is 9.98. The number of esters is 2. The van der Waals surface area contributed by atoms with E-state index in [1.807, 2.05) is 6.08 Å². The van der Waals surface area contributed by atoms with Crippen LogP contribution >= 0.6 is 0 Å². The van der Waals surface area contributed by atoms with E-state index < -0.39 is 99.3 Å². The van der Waals surface area contributed by atoms with E-state index in [0.717, 1.165) is 64.2 Å². The van der Waals surface area contributed by atoms with Crippen LogP contribution in [0.3, 0.4) is 0 Å². The largest absolute Gasteiger partial charge is 0.462 e. The zero-order valence-corrected chi connectivity index (χ0v) is 41.1. The van der Waals surface area contributed by atoms with Crippen molar-refractivity contribution in [1.82, 2.24) is 0 Å². The molecule has 0 aliphatic carbocycles. The van der Waals surface area contributed by atoms with Gasteiger partial charge in [0.2, 0.25) is 0 Å². The first-order valence-corrected chi connectivity index (χ1v) is 25.6. The average molecular weight is 965 g/mol.